The van der Waals surface area contributed by atoms with E-state index >= 15 is 0 Å². The van der Waals surface area contributed by atoms with E-state index in [9.17, 15) is 4.79 Å². The fourth-order valence-electron chi connectivity index (χ4n) is 1.40. The lowest BCUT2D eigenvalue weighted by molar-refractivity contribution is 0.0937. The van der Waals surface area contributed by atoms with Crippen LogP contribution in [0.5, 0.6) is 5.88 Å². The van der Waals surface area contributed by atoms with Gasteiger partial charge in [0.2, 0.25) is 5.88 Å². The molecule has 1 aromatic rings. The van der Waals surface area contributed by atoms with Crippen LogP contribution in [0.25, 0.3) is 0 Å². The number of nitrogens with two attached hydrogens (primary N) is 1. The van der Waals surface area contributed by atoms with Gasteiger partial charge in [0.05, 0.1) is 13.7 Å². The van der Waals surface area contributed by atoms with Crippen LogP contribution in [0.1, 0.15) is 16.9 Å². The zero-order chi connectivity index (χ0) is 13.4. The highest BCUT2D eigenvalue weighted by Gasteiger charge is 2.12. The number of nitrogens with zero attached hydrogens (tertiary/aromatic N) is 2. The van der Waals surface area contributed by atoms with E-state index in [0.717, 1.165) is 6.42 Å². The van der Waals surface area contributed by atoms with Gasteiger partial charge in [-0.05, 0) is 6.42 Å². The summed E-state index contributed by atoms with van der Waals surface area (Å²) < 4.78 is 11.7. The maximum absolute atomic E-state index is 11.7. The number of rotatable bonds is 8. The largest absolute Gasteiger partial charge is 0.481 e. The Kier molecular flexibility index (Phi) is 6.16. The first-order valence-electron chi connectivity index (χ1n) is 5.83. The van der Waals surface area contributed by atoms with Crippen LogP contribution in [0.3, 0.4) is 0 Å². The van der Waals surface area contributed by atoms with Gasteiger partial charge in [-0.1, -0.05) is 0 Å². The molecule has 0 radical (unpaired) electrons. The molecule has 18 heavy (non-hydrogen) atoms. The molecule has 0 saturated carbocycles. The molecule has 0 aliphatic rings. The van der Waals surface area contributed by atoms with Gasteiger partial charge in [-0.25, -0.2) is 4.68 Å². The normalized spacial score (nSPS) is 10.4. The molecule has 0 unspecified atom stereocenters. The van der Waals surface area contributed by atoms with Crippen LogP contribution >= 0.6 is 0 Å². The summed E-state index contributed by atoms with van der Waals surface area (Å²) in [4.78, 5) is 11.7. The van der Waals surface area contributed by atoms with E-state index in [4.69, 9.17) is 15.2 Å². The van der Waals surface area contributed by atoms with E-state index in [1.165, 1.54) is 11.8 Å². The predicted octanol–water partition coefficient (Wildman–Crippen LogP) is -0.476. The predicted molar refractivity (Wildman–Crippen MR) is 66.6 cm³/mol. The number of nitrogens with one attached hydrogen (secondary N) is 1. The standard InChI is InChI=1S/C11H20N4O3/c1-15-10(17-2)8-9(14-15)11(16)13-5-3-6-18-7-4-12/h8H,3-7,12H2,1-2H3,(H,13,16). The summed E-state index contributed by atoms with van der Waals surface area (Å²) in [6, 6.07) is 1.60. The summed E-state index contributed by atoms with van der Waals surface area (Å²) >= 11 is 0. The van der Waals surface area contributed by atoms with Crippen molar-refractivity contribution < 1.29 is 14.3 Å². The van der Waals surface area contributed by atoms with Gasteiger partial charge in [0.25, 0.3) is 5.91 Å². The Morgan fingerprint density at radius 1 is 1.56 bits per heavy atom. The second-order valence-corrected chi connectivity index (χ2v) is 3.71. The minimum Gasteiger partial charge on any atom is -0.481 e. The third-order valence-electron chi connectivity index (χ3n) is 2.29. The number of ether oxygens (including phenoxy) is 2. The summed E-state index contributed by atoms with van der Waals surface area (Å²) in [6.45, 7) is 2.19. The number of carbonyl (C=O) groups excluding carboxylic acids is 1. The molecule has 3 N–H and O–H groups in total. The van der Waals surface area contributed by atoms with Crippen LogP contribution in [0.15, 0.2) is 6.07 Å². The summed E-state index contributed by atoms with van der Waals surface area (Å²) in [5, 5.41) is 6.80. The smallest absolute Gasteiger partial charge is 0.271 e. The van der Waals surface area contributed by atoms with E-state index in [1.807, 2.05) is 0 Å². The maximum Gasteiger partial charge on any atom is 0.271 e. The Labute approximate surface area is 106 Å². The third kappa shape index (κ3) is 4.34. The molecule has 0 aliphatic carbocycles. The van der Waals surface area contributed by atoms with Gasteiger partial charge < -0.3 is 20.5 Å². The van der Waals surface area contributed by atoms with E-state index < -0.39 is 0 Å². The number of hydrogen-bond acceptors (Lipinski definition) is 5. The molecule has 0 atom stereocenters. The van der Waals surface area contributed by atoms with Gasteiger partial charge in [-0.3, -0.25) is 4.79 Å². The van der Waals surface area contributed by atoms with E-state index in [-0.39, 0.29) is 5.91 Å². The van der Waals surface area contributed by atoms with Crippen LogP contribution in [0, 0.1) is 0 Å². The van der Waals surface area contributed by atoms with Crippen LogP contribution < -0.4 is 15.8 Å². The van der Waals surface area contributed by atoms with Crippen molar-refractivity contribution in [1.29, 1.82) is 0 Å². The molecule has 0 aliphatic heterocycles. The van der Waals surface area contributed by atoms with Gasteiger partial charge in [0, 0.05) is 32.8 Å². The monoisotopic (exact) mass is 256 g/mol. The molecule has 0 saturated heterocycles. The van der Waals surface area contributed by atoms with Gasteiger partial charge in [0.15, 0.2) is 5.69 Å². The summed E-state index contributed by atoms with van der Waals surface area (Å²) in [7, 11) is 3.25. The van der Waals surface area contributed by atoms with Gasteiger partial charge >= 0.3 is 0 Å². The topological polar surface area (TPSA) is 91.4 Å². The number of aryl methyl sites for hydroxylation is 1. The van der Waals surface area contributed by atoms with Crippen LogP contribution in [-0.4, -0.2) is 49.1 Å². The molecular formula is C11H20N4O3. The molecule has 0 bridgehead atoms. The minimum atomic E-state index is -0.215. The van der Waals surface area contributed by atoms with Gasteiger partial charge in [-0.15, -0.1) is 0 Å². The highest BCUT2D eigenvalue weighted by molar-refractivity contribution is 5.92. The minimum absolute atomic E-state index is 0.215. The Bertz CT molecular complexity index is 378. The average molecular weight is 256 g/mol. The highest BCUT2D eigenvalue weighted by Crippen LogP contribution is 2.10. The summed E-state index contributed by atoms with van der Waals surface area (Å²) in [5.41, 5.74) is 5.62. The van der Waals surface area contributed by atoms with Crippen molar-refractivity contribution in [2.45, 2.75) is 6.42 Å². The van der Waals surface area contributed by atoms with Crippen LogP contribution in [-0.2, 0) is 11.8 Å². The van der Waals surface area contributed by atoms with Crippen LogP contribution in [0.2, 0.25) is 0 Å². The summed E-state index contributed by atoms with van der Waals surface area (Å²) in [5.74, 6) is 0.333. The number of amides is 1. The zero-order valence-electron chi connectivity index (χ0n) is 10.8. The molecule has 7 heteroatoms. The summed E-state index contributed by atoms with van der Waals surface area (Å²) in [6.07, 6.45) is 0.746. The molecule has 1 aromatic heterocycles. The fraction of sp³-hybridized carbons (Fsp3) is 0.636. The molecular weight excluding hydrogens is 236 g/mol. The second kappa shape index (κ2) is 7.67. The maximum atomic E-state index is 11.7. The Morgan fingerprint density at radius 3 is 2.94 bits per heavy atom. The van der Waals surface area contributed by atoms with Gasteiger partial charge in [0.1, 0.15) is 0 Å². The molecule has 0 aromatic carbocycles. The first-order chi connectivity index (χ1) is 8.69. The Morgan fingerprint density at radius 2 is 2.33 bits per heavy atom. The van der Waals surface area contributed by atoms with Crippen molar-refractivity contribution in [3.8, 4) is 5.88 Å². The van der Waals surface area contributed by atoms with Crippen molar-refractivity contribution in [2.75, 3.05) is 33.4 Å². The Hall–Kier alpha value is -1.60. The molecule has 0 fully saturated rings. The molecule has 7 nitrogen and oxygen atoms in total. The molecule has 1 heterocycles. The van der Waals surface area contributed by atoms with Crippen molar-refractivity contribution >= 4 is 5.91 Å². The second-order valence-electron chi connectivity index (χ2n) is 3.71. The Balaban J connectivity index is 2.27. The lowest BCUT2D eigenvalue weighted by atomic mass is 10.4. The quantitative estimate of drug-likeness (QED) is 0.613. The van der Waals surface area contributed by atoms with E-state index in [2.05, 4.69) is 10.4 Å². The number of methoxy groups -OCH3 is 1. The van der Waals surface area contributed by atoms with Gasteiger partial charge in [-0.2, -0.15) is 5.10 Å². The molecule has 1 amide bonds. The fourth-order valence-corrected chi connectivity index (χ4v) is 1.40. The average Bonchev–Trinajstić information content (AvgIpc) is 2.74. The first-order valence-corrected chi connectivity index (χ1v) is 5.83. The first kappa shape index (κ1) is 14.5. The number of hydrogen-bond donors (Lipinski definition) is 2. The molecule has 102 valence electrons. The van der Waals surface area contributed by atoms with E-state index in [1.54, 1.807) is 13.1 Å². The van der Waals surface area contributed by atoms with Crippen molar-refractivity contribution in [3.05, 3.63) is 11.8 Å². The lowest BCUT2D eigenvalue weighted by Gasteiger charge is -2.03. The number of carbonyl (C=O) groups is 1. The number of aromatic nitrogens is 2. The SMILES string of the molecule is COc1cc(C(=O)NCCCOCCN)nn1C. The van der Waals surface area contributed by atoms with E-state index in [0.29, 0.717) is 37.9 Å². The molecule has 1 rings (SSSR count). The van der Waals surface area contributed by atoms with Crippen LogP contribution in [0.4, 0.5) is 0 Å². The lowest BCUT2D eigenvalue weighted by Crippen LogP contribution is -2.26. The van der Waals surface area contributed by atoms with Crippen molar-refractivity contribution in [3.63, 3.8) is 0 Å². The van der Waals surface area contributed by atoms with Crippen molar-refractivity contribution in [2.24, 2.45) is 12.8 Å². The van der Waals surface area contributed by atoms with Crippen molar-refractivity contribution in [1.82, 2.24) is 15.1 Å². The third-order valence-corrected chi connectivity index (χ3v) is 2.29. The highest BCUT2D eigenvalue weighted by atomic mass is 16.5. The molecule has 0 spiro atoms. The zero-order valence-corrected chi connectivity index (χ0v) is 10.8.